The Bertz CT molecular complexity index is 479. The van der Waals surface area contributed by atoms with Crippen molar-refractivity contribution in [2.45, 2.75) is 26.2 Å². The van der Waals surface area contributed by atoms with Crippen molar-refractivity contribution in [1.82, 2.24) is 4.90 Å². The average Bonchev–Trinajstić information content (AvgIpc) is 2.41. The number of anilines is 1. The van der Waals surface area contributed by atoms with Gasteiger partial charge in [-0.05, 0) is 37.4 Å². The molecule has 0 aromatic heterocycles. The summed E-state index contributed by atoms with van der Waals surface area (Å²) in [4.78, 5) is 14.1. The molecule has 0 aliphatic carbocycles. The van der Waals surface area contributed by atoms with Crippen LogP contribution in [-0.2, 0) is 4.79 Å². The zero-order chi connectivity index (χ0) is 14.5. The van der Waals surface area contributed by atoms with Gasteiger partial charge in [-0.3, -0.25) is 4.79 Å². The van der Waals surface area contributed by atoms with E-state index in [1.165, 1.54) is 18.9 Å². The largest absolute Gasteiger partial charge is 0.326 e. The number of rotatable bonds is 4. The van der Waals surface area contributed by atoms with Crippen molar-refractivity contribution in [2.24, 2.45) is 5.92 Å². The quantitative estimate of drug-likeness (QED) is 0.920. The summed E-state index contributed by atoms with van der Waals surface area (Å²) in [5.41, 5.74) is 0.293. The van der Waals surface area contributed by atoms with Crippen molar-refractivity contribution in [1.29, 1.82) is 0 Å². The SMILES string of the molecule is C[C@@H]1CCCN(CCC(=O)Nc2ccc(F)c(F)c2)C1. The highest BCUT2D eigenvalue weighted by Gasteiger charge is 2.16. The summed E-state index contributed by atoms with van der Waals surface area (Å²) < 4.78 is 25.8. The molecule has 1 saturated heterocycles. The Hall–Kier alpha value is -1.49. The van der Waals surface area contributed by atoms with Gasteiger partial charge in [-0.1, -0.05) is 6.92 Å². The number of amides is 1. The summed E-state index contributed by atoms with van der Waals surface area (Å²) in [5.74, 6) is -1.36. The number of carbonyl (C=O) groups is 1. The third-order valence-corrected chi connectivity index (χ3v) is 3.60. The van der Waals surface area contributed by atoms with Crippen LogP contribution in [0, 0.1) is 17.6 Å². The lowest BCUT2D eigenvalue weighted by atomic mass is 10.0. The molecule has 1 heterocycles. The molecule has 0 spiro atoms. The minimum Gasteiger partial charge on any atom is -0.326 e. The Kier molecular flexibility index (Phi) is 5.06. The molecule has 1 aliphatic rings. The van der Waals surface area contributed by atoms with Crippen LogP contribution in [0.3, 0.4) is 0 Å². The molecule has 110 valence electrons. The van der Waals surface area contributed by atoms with Crippen LogP contribution in [0.1, 0.15) is 26.2 Å². The van der Waals surface area contributed by atoms with E-state index < -0.39 is 11.6 Å². The van der Waals surface area contributed by atoms with E-state index in [1.807, 2.05) is 0 Å². The Balaban J connectivity index is 1.78. The Morgan fingerprint density at radius 2 is 2.20 bits per heavy atom. The van der Waals surface area contributed by atoms with Crippen molar-refractivity contribution in [3.63, 3.8) is 0 Å². The third kappa shape index (κ3) is 4.27. The lowest BCUT2D eigenvalue weighted by Gasteiger charge is -2.30. The first-order valence-corrected chi connectivity index (χ1v) is 7.02. The number of hydrogen-bond donors (Lipinski definition) is 1. The Morgan fingerprint density at radius 3 is 2.90 bits per heavy atom. The van der Waals surface area contributed by atoms with Gasteiger partial charge in [0.2, 0.25) is 5.91 Å². The third-order valence-electron chi connectivity index (χ3n) is 3.60. The lowest BCUT2D eigenvalue weighted by molar-refractivity contribution is -0.116. The summed E-state index contributed by atoms with van der Waals surface area (Å²) in [6.07, 6.45) is 2.79. The molecule has 2 rings (SSSR count). The molecule has 1 aromatic rings. The molecular weight excluding hydrogens is 262 g/mol. The zero-order valence-electron chi connectivity index (χ0n) is 11.7. The minimum atomic E-state index is -0.951. The van der Waals surface area contributed by atoms with Gasteiger partial charge >= 0.3 is 0 Å². The smallest absolute Gasteiger partial charge is 0.225 e. The number of nitrogens with zero attached hydrogens (tertiary/aromatic N) is 1. The molecule has 1 aromatic carbocycles. The molecule has 3 nitrogen and oxygen atoms in total. The van der Waals surface area contributed by atoms with Crippen LogP contribution in [0.25, 0.3) is 0 Å². The summed E-state index contributed by atoms with van der Waals surface area (Å²) in [5, 5.41) is 2.59. The fourth-order valence-electron chi connectivity index (χ4n) is 2.55. The second-order valence-corrected chi connectivity index (χ2v) is 5.48. The maximum Gasteiger partial charge on any atom is 0.225 e. The molecular formula is C15H20F2N2O. The van der Waals surface area contributed by atoms with E-state index in [4.69, 9.17) is 0 Å². The van der Waals surface area contributed by atoms with Crippen molar-refractivity contribution in [3.05, 3.63) is 29.8 Å². The van der Waals surface area contributed by atoms with E-state index >= 15 is 0 Å². The highest BCUT2D eigenvalue weighted by molar-refractivity contribution is 5.90. The van der Waals surface area contributed by atoms with Crippen molar-refractivity contribution < 1.29 is 13.6 Å². The molecule has 0 radical (unpaired) electrons. The van der Waals surface area contributed by atoms with Gasteiger partial charge in [0.05, 0.1) is 0 Å². The number of halogens is 2. The number of benzene rings is 1. The van der Waals surface area contributed by atoms with E-state index in [0.717, 1.165) is 25.2 Å². The molecule has 1 amide bonds. The highest BCUT2D eigenvalue weighted by Crippen LogP contribution is 2.16. The van der Waals surface area contributed by atoms with Crippen LogP contribution in [0.4, 0.5) is 14.5 Å². The maximum atomic E-state index is 13.0. The van der Waals surface area contributed by atoms with Gasteiger partial charge in [0, 0.05) is 31.3 Å². The van der Waals surface area contributed by atoms with E-state index in [0.29, 0.717) is 24.6 Å². The van der Waals surface area contributed by atoms with Gasteiger partial charge in [-0.2, -0.15) is 0 Å². The fraction of sp³-hybridized carbons (Fsp3) is 0.533. The van der Waals surface area contributed by atoms with E-state index in [-0.39, 0.29) is 5.91 Å². The number of nitrogens with one attached hydrogen (secondary N) is 1. The van der Waals surface area contributed by atoms with Crippen molar-refractivity contribution in [2.75, 3.05) is 25.0 Å². The van der Waals surface area contributed by atoms with Crippen LogP contribution >= 0.6 is 0 Å². The highest BCUT2D eigenvalue weighted by atomic mass is 19.2. The van der Waals surface area contributed by atoms with Gasteiger partial charge < -0.3 is 10.2 Å². The van der Waals surface area contributed by atoms with Crippen LogP contribution in [0.2, 0.25) is 0 Å². The summed E-state index contributed by atoms with van der Waals surface area (Å²) >= 11 is 0. The normalized spacial score (nSPS) is 19.9. The maximum absolute atomic E-state index is 13.0. The van der Waals surface area contributed by atoms with E-state index in [1.54, 1.807) is 0 Å². The van der Waals surface area contributed by atoms with Gasteiger partial charge in [0.15, 0.2) is 11.6 Å². The van der Waals surface area contributed by atoms with Crippen molar-refractivity contribution in [3.8, 4) is 0 Å². The van der Waals surface area contributed by atoms with Gasteiger partial charge in [0.25, 0.3) is 0 Å². The monoisotopic (exact) mass is 282 g/mol. The standard InChI is InChI=1S/C15H20F2N2O/c1-11-3-2-7-19(10-11)8-6-15(20)18-12-4-5-13(16)14(17)9-12/h4-5,9,11H,2-3,6-8,10H2,1H3,(H,18,20)/t11-/m1/s1. The van der Waals surface area contributed by atoms with E-state index in [9.17, 15) is 13.6 Å². The van der Waals surface area contributed by atoms with Crippen LogP contribution < -0.4 is 5.32 Å². The molecule has 1 aliphatic heterocycles. The lowest BCUT2D eigenvalue weighted by Crippen LogP contribution is -2.36. The molecule has 5 heteroatoms. The fourth-order valence-corrected chi connectivity index (χ4v) is 2.55. The molecule has 0 unspecified atom stereocenters. The predicted octanol–water partition coefficient (Wildman–Crippen LogP) is 3.03. The first kappa shape index (κ1) is 14.9. The van der Waals surface area contributed by atoms with Gasteiger partial charge in [-0.25, -0.2) is 8.78 Å². The zero-order valence-corrected chi connectivity index (χ0v) is 11.7. The molecule has 1 atom stereocenters. The number of likely N-dealkylation sites (tertiary alicyclic amines) is 1. The van der Waals surface area contributed by atoms with Gasteiger partial charge in [-0.15, -0.1) is 0 Å². The summed E-state index contributed by atoms with van der Waals surface area (Å²) in [6.45, 7) is 4.98. The van der Waals surface area contributed by atoms with E-state index in [2.05, 4.69) is 17.1 Å². The molecule has 0 saturated carbocycles. The second kappa shape index (κ2) is 6.79. The molecule has 1 fully saturated rings. The summed E-state index contributed by atoms with van der Waals surface area (Å²) in [6, 6.07) is 3.37. The number of carbonyl (C=O) groups excluding carboxylic acids is 1. The Labute approximate surface area is 118 Å². The minimum absolute atomic E-state index is 0.172. The number of hydrogen-bond acceptors (Lipinski definition) is 2. The molecule has 1 N–H and O–H groups in total. The van der Waals surface area contributed by atoms with Crippen LogP contribution in [0.5, 0.6) is 0 Å². The van der Waals surface area contributed by atoms with Crippen LogP contribution in [0.15, 0.2) is 18.2 Å². The Morgan fingerprint density at radius 1 is 1.40 bits per heavy atom. The number of piperidine rings is 1. The van der Waals surface area contributed by atoms with Crippen LogP contribution in [-0.4, -0.2) is 30.4 Å². The first-order valence-electron chi connectivity index (χ1n) is 7.02. The first-order chi connectivity index (χ1) is 9.54. The summed E-state index contributed by atoms with van der Waals surface area (Å²) in [7, 11) is 0. The molecule has 20 heavy (non-hydrogen) atoms. The predicted molar refractivity (Wildman–Crippen MR) is 74.4 cm³/mol. The van der Waals surface area contributed by atoms with Gasteiger partial charge in [0.1, 0.15) is 0 Å². The second-order valence-electron chi connectivity index (χ2n) is 5.48. The molecule has 0 bridgehead atoms. The topological polar surface area (TPSA) is 32.3 Å². The van der Waals surface area contributed by atoms with Crippen molar-refractivity contribution >= 4 is 11.6 Å². The average molecular weight is 282 g/mol.